The van der Waals surface area contributed by atoms with Gasteiger partial charge in [0.1, 0.15) is 28.7 Å². The molecule has 0 aliphatic carbocycles. The van der Waals surface area contributed by atoms with E-state index in [1.165, 1.54) is 13.6 Å². The number of carbonyl (C=O) groups is 2. The first-order chi connectivity index (χ1) is 22.1. The van der Waals surface area contributed by atoms with Crippen LogP contribution in [0.25, 0.3) is 5.69 Å². The van der Waals surface area contributed by atoms with Crippen LogP contribution in [-0.4, -0.2) is 72.2 Å². The zero-order valence-electron chi connectivity index (χ0n) is 25.2. The number of aromatic nitrogens is 3. The number of hydrogen-bond acceptors (Lipinski definition) is 9. The third kappa shape index (κ3) is 13.2. The molecule has 0 radical (unpaired) electrons. The van der Waals surface area contributed by atoms with Crippen molar-refractivity contribution in [1.82, 2.24) is 14.3 Å². The second-order valence-corrected chi connectivity index (χ2v) is 14.8. The lowest BCUT2D eigenvalue weighted by molar-refractivity contribution is -0.142. The zero-order valence-corrected chi connectivity index (χ0v) is 30.8. The minimum absolute atomic E-state index is 0.0412. The van der Waals surface area contributed by atoms with Crippen molar-refractivity contribution in [2.24, 2.45) is 5.73 Å². The number of carboxylic acid groups (broad SMARTS) is 1. The third-order valence-corrected chi connectivity index (χ3v) is 8.76. The molecule has 3 atom stereocenters. The lowest BCUT2D eigenvalue weighted by atomic mass is 10.1. The van der Waals surface area contributed by atoms with E-state index in [1.807, 2.05) is 6.07 Å². The molecule has 13 nitrogen and oxygen atoms in total. The molecule has 1 aromatic heterocycles. The molecule has 5 N–H and O–H groups in total. The van der Waals surface area contributed by atoms with E-state index in [1.54, 1.807) is 19.1 Å². The number of aliphatic carboxylic acids is 1. The number of nitrogens with zero attached hydrogens (tertiary/aromatic N) is 4. The molecule has 3 unspecified atom stereocenters. The fourth-order valence-electron chi connectivity index (χ4n) is 3.40. The number of aryl methyl sites for hydroxylation is 1. The average molecular weight is 870 g/mol. The van der Waals surface area contributed by atoms with Crippen LogP contribution in [0.4, 0.5) is 13.2 Å². The number of aromatic hydroxyl groups is 1. The van der Waals surface area contributed by atoms with Crippen LogP contribution >= 0.6 is 62.4 Å². The minimum atomic E-state index is -3.12. The van der Waals surface area contributed by atoms with Gasteiger partial charge in [0.2, 0.25) is 0 Å². The number of carboxylic acids is 1. The van der Waals surface area contributed by atoms with E-state index in [0.717, 1.165) is 12.1 Å². The number of rotatable bonds is 10. The van der Waals surface area contributed by atoms with Crippen molar-refractivity contribution in [1.29, 1.82) is 5.26 Å². The number of carbonyl (C=O) groups excluding carboxylic acids is 1. The van der Waals surface area contributed by atoms with Crippen molar-refractivity contribution in [3.63, 3.8) is 0 Å². The van der Waals surface area contributed by atoms with E-state index >= 15 is 0 Å². The van der Waals surface area contributed by atoms with Gasteiger partial charge in [0.25, 0.3) is 0 Å². The number of alkyl halides is 3. The summed E-state index contributed by atoms with van der Waals surface area (Å²) in [6.07, 6.45) is -0.115. The van der Waals surface area contributed by atoms with Crippen LogP contribution in [0.1, 0.15) is 36.8 Å². The number of esters is 1. The van der Waals surface area contributed by atoms with Gasteiger partial charge >= 0.3 is 24.2 Å². The lowest BCUT2D eigenvalue weighted by Crippen LogP contribution is -2.30. The van der Waals surface area contributed by atoms with Gasteiger partial charge in [-0.2, -0.15) is 18.7 Å². The van der Waals surface area contributed by atoms with Crippen LogP contribution in [0.2, 0.25) is 5.02 Å². The van der Waals surface area contributed by atoms with Crippen molar-refractivity contribution in [3.8, 4) is 17.5 Å². The van der Waals surface area contributed by atoms with E-state index in [9.17, 15) is 37.2 Å². The van der Waals surface area contributed by atoms with Gasteiger partial charge in [0.15, 0.2) is 13.2 Å². The van der Waals surface area contributed by atoms with Crippen molar-refractivity contribution < 1.29 is 47.2 Å². The highest BCUT2D eigenvalue weighted by Gasteiger charge is 2.24. The van der Waals surface area contributed by atoms with E-state index in [0.29, 0.717) is 19.2 Å². The number of ether oxygens (including phenoxy) is 1. The van der Waals surface area contributed by atoms with Crippen LogP contribution in [-0.2, 0) is 25.3 Å². The molecule has 0 aliphatic heterocycles. The second kappa shape index (κ2) is 19.3. The Morgan fingerprint density at radius 2 is 1.79 bits per heavy atom. The van der Waals surface area contributed by atoms with E-state index in [-0.39, 0.29) is 58.0 Å². The highest BCUT2D eigenvalue weighted by atomic mass is 79.9. The number of hydrogen-bond donors (Lipinski definition) is 4. The molecule has 0 saturated heterocycles. The first-order valence-electron chi connectivity index (χ1n) is 13.3. The van der Waals surface area contributed by atoms with Gasteiger partial charge in [-0.3, -0.25) is 14.2 Å². The summed E-state index contributed by atoms with van der Waals surface area (Å²) in [5, 5.41) is 28.5. The smallest absolute Gasteiger partial charge is 0.355 e. The van der Waals surface area contributed by atoms with E-state index in [4.69, 9.17) is 48.9 Å². The Morgan fingerprint density at radius 3 is 2.23 bits per heavy atom. The predicted octanol–water partition coefficient (Wildman–Crippen LogP) is 5.72. The van der Waals surface area contributed by atoms with Gasteiger partial charge in [0.05, 0.1) is 27.2 Å². The van der Waals surface area contributed by atoms with Crippen molar-refractivity contribution in [3.05, 3.63) is 71.5 Å². The summed E-state index contributed by atoms with van der Waals surface area (Å²) < 4.78 is 57.2. The maximum absolute atomic E-state index is 14.2. The molecule has 21 heteroatoms. The zero-order chi connectivity index (χ0) is 37.1. The van der Waals surface area contributed by atoms with Gasteiger partial charge in [-0.15, -0.1) is 16.7 Å². The Morgan fingerprint density at radius 1 is 1.23 bits per heavy atom. The fourth-order valence-corrected chi connectivity index (χ4v) is 5.80. The normalized spacial score (nSPS) is 13.2. The first kappa shape index (κ1) is 43.1. The van der Waals surface area contributed by atoms with Crippen LogP contribution in [0, 0.1) is 24.1 Å². The summed E-state index contributed by atoms with van der Waals surface area (Å²) in [7, 11) is -3.10. The molecule has 0 amide bonds. The molecular weight excluding hydrogens is 841 g/mol. The summed E-state index contributed by atoms with van der Waals surface area (Å²) in [6, 6.07) is 6.07. The average Bonchev–Trinajstić information content (AvgIpc) is 3.29. The highest BCUT2D eigenvalue weighted by Crippen LogP contribution is 2.36. The quantitative estimate of drug-likeness (QED) is 0.110. The molecule has 2 aromatic carbocycles. The Balaban J connectivity index is 0.000000431. The maximum atomic E-state index is 14.2. The molecule has 0 spiro atoms. The summed E-state index contributed by atoms with van der Waals surface area (Å²) in [6.45, 7) is 0.987. The Kier molecular flexibility index (Phi) is 17.4. The predicted molar refractivity (Wildman–Crippen MR) is 178 cm³/mol. The first-order valence-corrected chi connectivity index (χ1v) is 17.9. The summed E-state index contributed by atoms with van der Waals surface area (Å²) >= 11 is 18.1. The molecular formula is C27H29Br2Cl2F3N5O8P. The summed E-state index contributed by atoms with van der Waals surface area (Å²) in [4.78, 5) is 42.6. The molecule has 264 valence electrons. The maximum Gasteiger partial charge on any atom is 0.355 e. The number of phenolic OH excluding ortho intramolecular Hbond substituents is 1. The molecule has 0 saturated carbocycles. The summed E-state index contributed by atoms with van der Waals surface area (Å²) in [5.41, 5.74) is 4.23. The fraction of sp³-hybridized carbons (Fsp3) is 0.370. The molecule has 1 heterocycles. The van der Waals surface area contributed by atoms with Gasteiger partial charge in [-0.25, -0.2) is 13.8 Å². The SMILES string of the molecule is CCOC(=O)C(Cl)Cc1cc(-n2nc(C)n(C(F)F)c2=O)c(F)cc1Cl.CP(=O)(O)CCC(N)C(=O)O.N#Cc1cc(Br)c(O)c(Br)c1. The molecule has 0 aliphatic rings. The topological polar surface area (TPSA) is 211 Å². The molecule has 3 aromatic rings. The largest absolute Gasteiger partial charge is 0.506 e. The van der Waals surface area contributed by atoms with E-state index in [2.05, 4.69) is 37.0 Å². The molecule has 0 bridgehead atoms. The van der Waals surface area contributed by atoms with Gasteiger partial charge in [-0.1, -0.05) is 11.6 Å². The standard InChI is InChI=1S/C15H14Cl2F3N3O3.C7H3Br2NO.C5H12NO4P/c1-3-26-13(24)10(17)4-8-5-12(11(18)6-9(8)16)23-15(25)22(14(19)20)7(2)21-23;8-5-1-4(3-10)2-6(9)7(5)11;1-11(9,10)3-2-4(6)5(7)8/h5-6,10,14H,3-4H2,1-2H3;1-2,11H;4H,2-3,6H2,1H3,(H,7,8)(H,9,10). The van der Waals surface area contributed by atoms with Crippen LogP contribution in [0.5, 0.6) is 5.75 Å². The monoisotopic (exact) mass is 867 g/mol. The Hall–Kier alpha value is -2.91. The third-order valence-electron chi connectivity index (χ3n) is 5.78. The lowest BCUT2D eigenvalue weighted by Gasteiger charge is -2.12. The number of halogens is 7. The van der Waals surface area contributed by atoms with Crippen LogP contribution in [0.15, 0.2) is 38.0 Å². The number of phenols is 1. The molecule has 3 rings (SSSR count). The molecule has 0 fully saturated rings. The Labute approximate surface area is 298 Å². The number of nitrogens with two attached hydrogens (primary N) is 1. The van der Waals surface area contributed by atoms with E-state index < -0.39 is 48.8 Å². The number of benzene rings is 2. The van der Waals surface area contributed by atoms with Gasteiger partial charge < -0.3 is 25.6 Å². The minimum Gasteiger partial charge on any atom is -0.506 e. The van der Waals surface area contributed by atoms with Crippen molar-refractivity contribution >= 4 is 74.4 Å². The van der Waals surface area contributed by atoms with Crippen LogP contribution < -0.4 is 11.4 Å². The van der Waals surface area contributed by atoms with Crippen LogP contribution in [0.3, 0.4) is 0 Å². The van der Waals surface area contributed by atoms with Crippen molar-refractivity contribution in [2.45, 2.75) is 44.7 Å². The Bertz CT molecular complexity index is 1740. The highest BCUT2D eigenvalue weighted by molar-refractivity contribution is 9.11. The summed E-state index contributed by atoms with van der Waals surface area (Å²) in [5.74, 6) is -2.95. The number of nitriles is 1. The molecule has 48 heavy (non-hydrogen) atoms. The van der Waals surface area contributed by atoms with Crippen molar-refractivity contribution in [2.75, 3.05) is 19.4 Å². The second-order valence-electron chi connectivity index (χ2n) is 9.62. The van der Waals surface area contributed by atoms with Gasteiger partial charge in [0, 0.05) is 24.3 Å². The van der Waals surface area contributed by atoms with Gasteiger partial charge in [-0.05, 0) is 82.0 Å².